The van der Waals surface area contributed by atoms with Crippen LogP contribution in [0.4, 0.5) is 0 Å². The van der Waals surface area contributed by atoms with Gasteiger partial charge in [-0.15, -0.1) is 0 Å². The first-order valence-corrected chi connectivity index (χ1v) is 6.89. The normalized spacial score (nSPS) is 14.5. The van der Waals surface area contributed by atoms with Crippen LogP contribution in [-0.2, 0) is 0 Å². The minimum atomic E-state index is 0.258. The second kappa shape index (κ2) is 5.02. The number of hydrogen-bond acceptors (Lipinski definition) is 2. The SMILES string of the molecule is Cc1ccc(C)n1-c1ccc(C2=CC(=N)C(=N)C=C2)cc1. The van der Waals surface area contributed by atoms with E-state index in [0.717, 1.165) is 16.8 Å². The molecular formula is C18H17N3. The van der Waals surface area contributed by atoms with Crippen LogP contribution < -0.4 is 0 Å². The number of rotatable bonds is 2. The lowest BCUT2D eigenvalue weighted by molar-refractivity contribution is 0.966. The van der Waals surface area contributed by atoms with Crippen molar-refractivity contribution in [1.29, 1.82) is 10.8 Å². The third-order valence-corrected chi connectivity index (χ3v) is 3.75. The van der Waals surface area contributed by atoms with E-state index in [-0.39, 0.29) is 11.4 Å². The average molecular weight is 275 g/mol. The number of aromatic nitrogens is 1. The largest absolute Gasteiger partial charge is 0.319 e. The molecule has 0 amide bonds. The van der Waals surface area contributed by atoms with E-state index in [2.05, 4.69) is 54.8 Å². The molecule has 0 saturated heterocycles. The van der Waals surface area contributed by atoms with Crippen LogP contribution in [0.15, 0.2) is 54.6 Å². The maximum absolute atomic E-state index is 7.73. The molecule has 1 aliphatic rings. The van der Waals surface area contributed by atoms with Crippen molar-refractivity contribution in [2.24, 2.45) is 0 Å². The molecular weight excluding hydrogens is 258 g/mol. The van der Waals surface area contributed by atoms with E-state index in [0.29, 0.717) is 0 Å². The summed E-state index contributed by atoms with van der Waals surface area (Å²) >= 11 is 0. The van der Waals surface area contributed by atoms with E-state index >= 15 is 0 Å². The Morgan fingerprint density at radius 1 is 0.762 bits per heavy atom. The standard InChI is InChI=1S/C18H17N3/c1-12-3-4-13(2)21(12)16-8-5-14(6-9-16)15-7-10-17(19)18(20)11-15/h3-11,19-20H,1-2H3. The Labute approximate surface area is 124 Å². The molecule has 1 heterocycles. The quantitative estimate of drug-likeness (QED) is 0.776. The molecule has 2 aromatic rings. The van der Waals surface area contributed by atoms with Gasteiger partial charge in [-0.05, 0) is 61.4 Å². The number of allylic oxidation sites excluding steroid dienone is 4. The molecule has 0 aliphatic heterocycles. The first-order valence-electron chi connectivity index (χ1n) is 6.89. The average Bonchev–Trinajstić information content (AvgIpc) is 2.81. The minimum Gasteiger partial charge on any atom is -0.319 e. The van der Waals surface area contributed by atoms with Crippen LogP contribution in [0.2, 0.25) is 0 Å². The number of nitrogens with zero attached hydrogens (tertiary/aromatic N) is 1. The van der Waals surface area contributed by atoms with Crippen molar-refractivity contribution in [1.82, 2.24) is 4.57 Å². The molecule has 1 aliphatic carbocycles. The molecule has 1 aromatic carbocycles. The predicted octanol–water partition coefficient (Wildman–Crippen LogP) is 4.09. The molecule has 0 bridgehead atoms. The van der Waals surface area contributed by atoms with Gasteiger partial charge in [0, 0.05) is 17.1 Å². The van der Waals surface area contributed by atoms with E-state index in [4.69, 9.17) is 10.8 Å². The summed E-state index contributed by atoms with van der Waals surface area (Å²) in [5.41, 5.74) is 6.13. The van der Waals surface area contributed by atoms with Gasteiger partial charge in [-0.25, -0.2) is 0 Å². The van der Waals surface area contributed by atoms with Crippen LogP contribution in [0.3, 0.4) is 0 Å². The van der Waals surface area contributed by atoms with Gasteiger partial charge in [-0.1, -0.05) is 18.2 Å². The monoisotopic (exact) mass is 275 g/mol. The molecule has 0 spiro atoms. The van der Waals surface area contributed by atoms with Gasteiger partial charge in [0.15, 0.2) is 0 Å². The highest BCUT2D eigenvalue weighted by Gasteiger charge is 2.09. The molecule has 3 heteroatoms. The lowest BCUT2D eigenvalue weighted by Crippen LogP contribution is -2.09. The highest BCUT2D eigenvalue weighted by molar-refractivity contribution is 6.50. The molecule has 0 saturated carbocycles. The summed E-state index contributed by atoms with van der Waals surface area (Å²) in [5, 5.41) is 15.3. The Morgan fingerprint density at radius 3 is 1.95 bits per heavy atom. The van der Waals surface area contributed by atoms with Crippen molar-refractivity contribution in [3.8, 4) is 5.69 Å². The molecule has 3 rings (SSSR count). The van der Waals surface area contributed by atoms with E-state index in [1.807, 2.05) is 6.08 Å². The van der Waals surface area contributed by atoms with Crippen molar-refractivity contribution in [2.75, 3.05) is 0 Å². The van der Waals surface area contributed by atoms with Crippen LogP contribution in [-0.4, -0.2) is 16.0 Å². The topological polar surface area (TPSA) is 52.6 Å². The van der Waals surface area contributed by atoms with Crippen molar-refractivity contribution < 1.29 is 0 Å². The molecule has 1 aromatic heterocycles. The lowest BCUT2D eigenvalue weighted by atomic mass is 9.97. The molecule has 104 valence electrons. The summed E-state index contributed by atoms with van der Waals surface area (Å²) in [5.74, 6) is 0. The number of benzene rings is 1. The Kier molecular flexibility index (Phi) is 3.18. The van der Waals surface area contributed by atoms with Crippen LogP contribution in [0.25, 0.3) is 11.3 Å². The van der Waals surface area contributed by atoms with Crippen molar-refractivity contribution in [2.45, 2.75) is 13.8 Å². The summed E-state index contributed by atoms with van der Waals surface area (Å²) in [6.45, 7) is 4.19. The van der Waals surface area contributed by atoms with Crippen LogP contribution in [0.1, 0.15) is 17.0 Å². The van der Waals surface area contributed by atoms with Crippen molar-refractivity contribution in [3.05, 3.63) is 71.6 Å². The third-order valence-electron chi connectivity index (χ3n) is 3.75. The Bertz CT molecular complexity index is 767. The van der Waals surface area contributed by atoms with Gasteiger partial charge in [0.25, 0.3) is 0 Å². The minimum absolute atomic E-state index is 0.258. The zero-order valence-corrected chi connectivity index (χ0v) is 12.1. The van der Waals surface area contributed by atoms with E-state index in [1.165, 1.54) is 11.4 Å². The maximum Gasteiger partial charge on any atom is 0.0795 e. The molecule has 0 radical (unpaired) electrons. The zero-order valence-electron chi connectivity index (χ0n) is 12.1. The second-order valence-electron chi connectivity index (χ2n) is 5.26. The van der Waals surface area contributed by atoms with Crippen LogP contribution in [0, 0.1) is 24.7 Å². The molecule has 21 heavy (non-hydrogen) atoms. The molecule has 0 fully saturated rings. The molecule has 0 unspecified atom stereocenters. The summed E-state index contributed by atoms with van der Waals surface area (Å²) in [6.07, 6.45) is 5.30. The van der Waals surface area contributed by atoms with Crippen molar-refractivity contribution >= 4 is 17.0 Å². The zero-order chi connectivity index (χ0) is 15.0. The Balaban J connectivity index is 1.96. The maximum atomic E-state index is 7.73. The highest BCUT2D eigenvalue weighted by Crippen LogP contribution is 2.22. The van der Waals surface area contributed by atoms with Gasteiger partial charge in [0.2, 0.25) is 0 Å². The number of aryl methyl sites for hydroxylation is 2. The van der Waals surface area contributed by atoms with E-state index in [1.54, 1.807) is 12.2 Å². The van der Waals surface area contributed by atoms with Crippen LogP contribution in [0.5, 0.6) is 0 Å². The predicted molar refractivity (Wildman–Crippen MR) is 87.8 cm³/mol. The fourth-order valence-corrected chi connectivity index (χ4v) is 2.60. The molecule has 0 atom stereocenters. The summed E-state index contributed by atoms with van der Waals surface area (Å²) in [6, 6.07) is 12.5. The van der Waals surface area contributed by atoms with Gasteiger partial charge in [-0.3, -0.25) is 10.8 Å². The smallest absolute Gasteiger partial charge is 0.0795 e. The Morgan fingerprint density at radius 2 is 1.38 bits per heavy atom. The first-order chi connectivity index (χ1) is 10.1. The summed E-state index contributed by atoms with van der Waals surface area (Å²) in [4.78, 5) is 0. The molecule has 2 N–H and O–H groups in total. The Hall–Kier alpha value is -2.68. The number of nitrogens with one attached hydrogen (secondary N) is 2. The summed E-state index contributed by atoms with van der Waals surface area (Å²) in [7, 11) is 0. The van der Waals surface area contributed by atoms with E-state index < -0.39 is 0 Å². The second-order valence-corrected chi connectivity index (χ2v) is 5.26. The van der Waals surface area contributed by atoms with Crippen molar-refractivity contribution in [3.63, 3.8) is 0 Å². The van der Waals surface area contributed by atoms with Gasteiger partial charge < -0.3 is 4.57 Å². The lowest BCUT2D eigenvalue weighted by Gasteiger charge is -2.12. The highest BCUT2D eigenvalue weighted by atomic mass is 15.0. The van der Waals surface area contributed by atoms with Gasteiger partial charge >= 0.3 is 0 Å². The fraction of sp³-hybridized carbons (Fsp3) is 0.111. The summed E-state index contributed by atoms with van der Waals surface area (Å²) < 4.78 is 2.21. The fourth-order valence-electron chi connectivity index (χ4n) is 2.60. The van der Waals surface area contributed by atoms with E-state index in [9.17, 15) is 0 Å². The van der Waals surface area contributed by atoms with Gasteiger partial charge in [-0.2, -0.15) is 0 Å². The first kappa shape index (κ1) is 13.3. The number of hydrogen-bond donors (Lipinski definition) is 2. The van der Waals surface area contributed by atoms with Crippen LogP contribution >= 0.6 is 0 Å². The third kappa shape index (κ3) is 2.38. The molecule has 3 nitrogen and oxygen atoms in total. The van der Waals surface area contributed by atoms with Gasteiger partial charge in [0.05, 0.1) is 11.4 Å². The van der Waals surface area contributed by atoms with Gasteiger partial charge in [0.1, 0.15) is 0 Å².